The molecule has 4 aromatic carbocycles. The van der Waals surface area contributed by atoms with Crippen LogP contribution in [-0.4, -0.2) is 17.1 Å². The number of rotatable bonds is 2. The molecule has 0 amide bonds. The highest BCUT2D eigenvalue weighted by molar-refractivity contribution is 6.10. The zero-order valence-corrected chi connectivity index (χ0v) is 15.5. The molecule has 0 spiro atoms. The third kappa shape index (κ3) is 2.57. The molecule has 1 aromatic heterocycles. The van der Waals surface area contributed by atoms with Crippen molar-refractivity contribution in [2.45, 2.75) is 6.92 Å². The fourth-order valence-corrected chi connectivity index (χ4v) is 3.52. The Morgan fingerprint density at radius 1 is 0.714 bits per heavy atom. The molecule has 0 radical (unpaired) electrons. The zero-order valence-electron chi connectivity index (χ0n) is 15.5. The summed E-state index contributed by atoms with van der Waals surface area (Å²) in [6, 6.07) is 20.0. The minimum atomic E-state index is 0.717. The number of benzene rings is 4. The molecule has 0 saturated carbocycles. The van der Waals surface area contributed by atoms with E-state index in [9.17, 15) is 0 Å². The van der Waals surface area contributed by atoms with E-state index in [1.807, 2.05) is 54.6 Å². The van der Waals surface area contributed by atoms with Crippen molar-refractivity contribution >= 4 is 43.6 Å². The van der Waals surface area contributed by atoms with Crippen molar-refractivity contribution in [1.82, 2.24) is 9.97 Å². The lowest BCUT2D eigenvalue weighted by Crippen LogP contribution is -1.91. The number of nitrogens with zero attached hydrogens (tertiary/aromatic N) is 2. The smallest absolute Gasteiger partial charge is 0.140 e. The summed E-state index contributed by atoms with van der Waals surface area (Å²) in [5.74, 6) is 4.28. The van der Waals surface area contributed by atoms with Crippen LogP contribution < -0.4 is 9.47 Å². The molecule has 0 bridgehead atoms. The van der Waals surface area contributed by atoms with Gasteiger partial charge in [0.05, 0.1) is 29.2 Å². The lowest BCUT2D eigenvalue weighted by Gasteiger charge is -2.08. The number of ether oxygens (including phenoxy) is 2. The standard InChI is InChI=1S/C24H16N2O2/c1-3-12-28-18-7-9-20-16(14-18)5-11-22-24(20)26-21-10-4-15-13-17(27-2)6-8-19(15)23(21)25-22/h4-11,13-14H,1-2H3. The molecule has 134 valence electrons. The summed E-state index contributed by atoms with van der Waals surface area (Å²) >= 11 is 0. The Labute approximate surface area is 161 Å². The average molecular weight is 364 g/mol. The predicted molar refractivity (Wildman–Crippen MR) is 113 cm³/mol. The summed E-state index contributed by atoms with van der Waals surface area (Å²) in [5.41, 5.74) is 3.51. The lowest BCUT2D eigenvalue weighted by atomic mass is 10.1. The molecule has 4 nitrogen and oxygen atoms in total. The van der Waals surface area contributed by atoms with E-state index in [1.54, 1.807) is 14.0 Å². The van der Waals surface area contributed by atoms with Crippen molar-refractivity contribution in [3.8, 4) is 23.5 Å². The first kappa shape index (κ1) is 16.3. The van der Waals surface area contributed by atoms with Crippen molar-refractivity contribution < 1.29 is 9.47 Å². The van der Waals surface area contributed by atoms with Gasteiger partial charge in [0.25, 0.3) is 0 Å². The Hall–Kier alpha value is -3.84. The van der Waals surface area contributed by atoms with E-state index in [1.165, 1.54) is 0 Å². The van der Waals surface area contributed by atoms with Gasteiger partial charge in [-0.3, -0.25) is 0 Å². The van der Waals surface area contributed by atoms with Crippen molar-refractivity contribution in [3.05, 3.63) is 60.7 Å². The Bertz CT molecular complexity index is 1450. The van der Waals surface area contributed by atoms with Crippen molar-refractivity contribution in [1.29, 1.82) is 0 Å². The van der Waals surface area contributed by atoms with Crippen LogP contribution in [0.3, 0.4) is 0 Å². The van der Waals surface area contributed by atoms with E-state index >= 15 is 0 Å². The highest BCUT2D eigenvalue weighted by atomic mass is 16.5. The van der Waals surface area contributed by atoms with E-state index in [2.05, 4.69) is 18.1 Å². The molecular formula is C24H16N2O2. The Balaban J connectivity index is 1.77. The molecule has 0 atom stereocenters. The van der Waals surface area contributed by atoms with Crippen LogP contribution in [0.15, 0.2) is 60.7 Å². The maximum Gasteiger partial charge on any atom is 0.140 e. The van der Waals surface area contributed by atoms with Gasteiger partial charge in [-0.25, -0.2) is 9.97 Å². The maximum absolute atomic E-state index is 5.41. The van der Waals surface area contributed by atoms with E-state index < -0.39 is 0 Å². The van der Waals surface area contributed by atoms with Gasteiger partial charge >= 0.3 is 0 Å². The zero-order chi connectivity index (χ0) is 19.1. The second-order valence-electron chi connectivity index (χ2n) is 6.51. The molecule has 1 heterocycles. The quantitative estimate of drug-likeness (QED) is 0.237. The van der Waals surface area contributed by atoms with Gasteiger partial charge in [-0.1, -0.05) is 18.1 Å². The van der Waals surface area contributed by atoms with Crippen molar-refractivity contribution in [3.63, 3.8) is 0 Å². The molecule has 0 aliphatic carbocycles. The van der Waals surface area contributed by atoms with E-state index in [0.717, 1.165) is 55.1 Å². The first-order valence-corrected chi connectivity index (χ1v) is 8.96. The molecular weight excluding hydrogens is 348 g/mol. The largest absolute Gasteiger partial charge is 0.497 e. The Morgan fingerprint density at radius 2 is 1.29 bits per heavy atom. The fraction of sp³-hybridized carbons (Fsp3) is 0.0833. The predicted octanol–water partition coefficient (Wildman–Crippen LogP) is 5.46. The number of hydrogen-bond donors (Lipinski definition) is 0. The van der Waals surface area contributed by atoms with Crippen LogP contribution >= 0.6 is 0 Å². The van der Waals surface area contributed by atoms with Crippen LogP contribution in [0.1, 0.15) is 6.92 Å². The van der Waals surface area contributed by atoms with Crippen LogP contribution in [0.25, 0.3) is 43.6 Å². The van der Waals surface area contributed by atoms with E-state index in [0.29, 0.717) is 0 Å². The summed E-state index contributed by atoms with van der Waals surface area (Å²) in [6.07, 6.45) is 2.63. The summed E-state index contributed by atoms with van der Waals surface area (Å²) in [7, 11) is 1.67. The van der Waals surface area contributed by atoms with Gasteiger partial charge in [0, 0.05) is 17.7 Å². The van der Waals surface area contributed by atoms with Gasteiger partial charge in [-0.15, -0.1) is 0 Å². The topological polar surface area (TPSA) is 44.2 Å². The molecule has 0 unspecified atom stereocenters. The molecule has 5 rings (SSSR count). The molecule has 0 N–H and O–H groups in total. The monoisotopic (exact) mass is 364 g/mol. The summed E-state index contributed by atoms with van der Waals surface area (Å²) in [4.78, 5) is 9.85. The normalized spacial score (nSPS) is 10.9. The molecule has 4 heteroatoms. The minimum Gasteiger partial charge on any atom is -0.497 e. The van der Waals surface area contributed by atoms with Gasteiger partial charge in [0.1, 0.15) is 17.6 Å². The van der Waals surface area contributed by atoms with Gasteiger partial charge in [0.2, 0.25) is 0 Å². The van der Waals surface area contributed by atoms with Crippen LogP contribution in [0.5, 0.6) is 11.5 Å². The van der Waals surface area contributed by atoms with Crippen LogP contribution in [0, 0.1) is 12.0 Å². The highest BCUT2D eigenvalue weighted by Crippen LogP contribution is 2.31. The third-order valence-electron chi connectivity index (χ3n) is 4.85. The molecule has 0 fully saturated rings. The lowest BCUT2D eigenvalue weighted by molar-refractivity contribution is 0.415. The number of hydrogen-bond acceptors (Lipinski definition) is 4. The molecule has 0 aliphatic rings. The summed E-state index contributed by atoms with van der Waals surface area (Å²) in [6.45, 7) is 1.75. The molecule has 0 saturated heterocycles. The van der Waals surface area contributed by atoms with Gasteiger partial charge in [-0.2, -0.15) is 0 Å². The van der Waals surface area contributed by atoms with Crippen molar-refractivity contribution in [2.75, 3.05) is 7.11 Å². The third-order valence-corrected chi connectivity index (χ3v) is 4.85. The second kappa shape index (κ2) is 6.40. The van der Waals surface area contributed by atoms with Crippen LogP contribution in [-0.2, 0) is 0 Å². The Morgan fingerprint density at radius 3 is 1.86 bits per heavy atom. The van der Waals surface area contributed by atoms with Crippen molar-refractivity contribution in [2.24, 2.45) is 0 Å². The number of fused-ring (bicyclic) bond motifs is 6. The first-order valence-electron chi connectivity index (χ1n) is 8.96. The van der Waals surface area contributed by atoms with Gasteiger partial charge < -0.3 is 9.47 Å². The Kier molecular flexibility index (Phi) is 3.73. The highest BCUT2D eigenvalue weighted by Gasteiger charge is 2.10. The SMILES string of the molecule is CC#COc1ccc2c(ccc3nc4c(ccc5cc(OC)ccc54)nc32)c1. The maximum atomic E-state index is 5.41. The first-order chi connectivity index (χ1) is 13.8. The molecule has 28 heavy (non-hydrogen) atoms. The summed E-state index contributed by atoms with van der Waals surface area (Å²) in [5, 5.41) is 4.23. The van der Waals surface area contributed by atoms with Gasteiger partial charge in [0.15, 0.2) is 0 Å². The second-order valence-corrected chi connectivity index (χ2v) is 6.51. The van der Waals surface area contributed by atoms with Gasteiger partial charge in [-0.05, 0) is 59.3 Å². The number of aromatic nitrogens is 2. The minimum absolute atomic E-state index is 0.717. The number of methoxy groups -OCH3 is 1. The average Bonchev–Trinajstić information content (AvgIpc) is 2.75. The molecule has 0 aliphatic heterocycles. The van der Waals surface area contributed by atoms with E-state index in [4.69, 9.17) is 19.4 Å². The fourth-order valence-electron chi connectivity index (χ4n) is 3.52. The molecule has 5 aromatic rings. The van der Waals surface area contributed by atoms with E-state index in [-0.39, 0.29) is 0 Å². The van der Waals surface area contributed by atoms with Crippen LogP contribution in [0.2, 0.25) is 0 Å². The summed E-state index contributed by atoms with van der Waals surface area (Å²) < 4.78 is 10.7. The van der Waals surface area contributed by atoms with Crippen LogP contribution in [0.4, 0.5) is 0 Å².